The van der Waals surface area contributed by atoms with Crippen molar-refractivity contribution < 1.29 is 4.74 Å². The van der Waals surface area contributed by atoms with E-state index in [9.17, 15) is 0 Å². The Balaban J connectivity index is 1.71. The fourth-order valence-electron chi connectivity index (χ4n) is 4.01. The zero-order valence-electron chi connectivity index (χ0n) is 16.5. The first-order valence-electron chi connectivity index (χ1n) is 9.90. The van der Waals surface area contributed by atoms with E-state index in [1.807, 2.05) is 25.1 Å². The van der Waals surface area contributed by atoms with Crippen LogP contribution in [0.3, 0.4) is 0 Å². The van der Waals surface area contributed by atoms with Crippen LogP contribution in [0.25, 0.3) is 0 Å². The second-order valence-corrected chi connectivity index (χ2v) is 7.88. The molecule has 0 saturated carbocycles. The van der Waals surface area contributed by atoms with Crippen LogP contribution in [0.15, 0.2) is 60.9 Å². The number of benzene rings is 1. The second kappa shape index (κ2) is 8.84. The predicted molar refractivity (Wildman–Crippen MR) is 116 cm³/mol. The molecule has 2 unspecified atom stereocenters. The molecule has 0 aliphatic carbocycles. The van der Waals surface area contributed by atoms with Gasteiger partial charge in [-0.05, 0) is 43.4 Å². The molecule has 1 aromatic rings. The number of ether oxygens (including phenoxy) is 1. The zero-order chi connectivity index (χ0) is 19.4. The summed E-state index contributed by atoms with van der Waals surface area (Å²) in [6.45, 7) is 15.3. The molecule has 1 aromatic carbocycles. The number of likely N-dealkylation sites (tertiary alicyclic amines) is 1. The number of hydrogen-bond acceptors (Lipinski definition) is 2. The molecule has 27 heavy (non-hydrogen) atoms. The first-order valence-corrected chi connectivity index (χ1v) is 10.3. The van der Waals surface area contributed by atoms with Gasteiger partial charge in [-0.1, -0.05) is 62.1 Å². The van der Waals surface area contributed by atoms with Gasteiger partial charge < -0.3 is 9.64 Å². The van der Waals surface area contributed by atoms with E-state index in [2.05, 4.69) is 43.2 Å². The van der Waals surface area contributed by atoms with Crippen molar-refractivity contribution in [2.75, 3.05) is 19.7 Å². The maximum Gasteiger partial charge on any atom is 0.124 e. The quantitative estimate of drug-likeness (QED) is 0.513. The van der Waals surface area contributed by atoms with Gasteiger partial charge in [0, 0.05) is 41.2 Å². The molecular weight excluding hydrogens is 354 g/mol. The number of rotatable bonds is 7. The maximum absolute atomic E-state index is 6.57. The summed E-state index contributed by atoms with van der Waals surface area (Å²) in [4.78, 5) is 2.38. The monoisotopic (exact) mass is 383 g/mol. The summed E-state index contributed by atoms with van der Waals surface area (Å²) < 4.78 is 5.80. The SMILES string of the molecule is C=C/C(=C\C=C/C)CN1CCC(Cc2cc3c(cc2Cl)OCC3CC)C1=C. The highest BCUT2D eigenvalue weighted by Crippen LogP contribution is 2.41. The van der Waals surface area contributed by atoms with Gasteiger partial charge in [-0.2, -0.15) is 0 Å². The summed E-state index contributed by atoms with van der Waals surface area (Å²) in [6.07, 6.45) is 11.3. The molecule has 2 aliphatic rings. The molecule has 2 heterocycles. The van der Waals surface area contributed by atoms with Crippen LogP contribution in [-0.4, -0.2) is 24.6 Å². The third-order valence-corrected chi connectivity index (χ3v) is 6.13. The topological polar surface area (TPSA) is 12.5 Å². The Hall–Kier alpha value is -1.93. The van der Waals surface area contributed by atoms with Crippen LogP contribution in [0.1, 0.15) is 43.7 Å². The summed E-state index contributed by atoms with van der Waals surface area (Å²) >= 11 is 6.57. The molecule has 0 amide bonds. The number of allylic oxidation sites excluding steroid dienone is 4. The van der Waals surface area contributed by atoms with Crippen molar-refractivity contribution in [2.24, 2.45) is 5.92 Å². The minimum Gasteiger partial charge on any atom is -0.493 e. The first-order chi connectivity index (χ1) is 13.1. The maximum atomic E-state index is 6.57. The molecule has 1 fully saturated rings. The molecule has 2 atom stereocenters. The molecule has 3 rings (SSSR count). The van der Waals surface area contributed by atoms with Crippen molar-refractivity contribution in [3.05, 3.63) is 77.0 Å². The van der Waals surface area contributed by atoms with E-state index in [4.69, 9.17) is 16.3 Å². The Morgan fingerprint density at radius 1 is 1.37 bits per heavy atom. The molecule has 3 heteroatoms. The lowest BCUT2D eigenvalue weighted by Gasteiger charge is -2.22. The first kappa shape index (κ1) is 19.8. The molecule has 0 aromatic heterocycles. The fourth-order valence-corrected chi connectivity index (χ4v) is 4.24. The standard InChI is InChI=1S/C24H30ClNO/c1-5-8-9-18(6-2)15-26-11-10-20(17(26)4)12-21-13-22-19(7-3)16-27-24(22)14-23(21)25/h5-6,8-9,13-14,19-20H,2,4,7,10-12,15-16H2,1,3H3/b8-5-,18-9+. The van der Waals surface area contributed by atoms with E-state index in [1.54, 1.807) is 0 Å². The highest BCUT2D eigenvalue weighted by Gasteiger charge is 2.29. The fraction of sp³-hybridized carbons (Fsp3) is 0.417. The zero-order valence-corrected chi connectivity index (χ0v) is 17.3. The molecule has 2 nitrogen and oxygen atoms in total. The second-order valence-electron chi connectivity index (χ2n) is 7.47. The van der Waals surface area contributed by atoms with E-state index >= 15 is 0 Å². The van der Waals surface area contributed by atoms with Crippen molar-refractivity contribution in [3.8, 4) is 5.75 Å². The lowest BCUT2D eigenvalue weighted by atomic mass is 9.92. The Labute approximate surface area is 168 Å². The van der Waals surface area contributed by atoms with Crippen LogP contribution in [0, 0.1) is 5.92 Å². The van der Waals surface area contributed by atoms with Crippen molar-refractivity contribution >= 4 is 11.6 Å². The third-order valence-electron chi connectivity index (χ3n) is 5.78. The van der Waals surface area contributed by atoms with Crippen molar-refractivity contribution in [1.82, 2.24) is 4.90 Å². The van der Waals surface area contributed by atoms with E-state index in [1.165, 1.54) is 22.4 Å². The van der Waals surface area contributed by atoms with Gasteiger partial charge in [0.25, 0.3) is 0 Å². The average Bonchev–Trinajstić information content (AvgIpc) is 3.22. The number of hydrogen-bond donors (Lipinski definition) is 0. The van der Waals surface area contributed by atoms with E-state index in [0.29, 0.717) is 11.8 Å². The summed E-state index contributed by atoms with van der Waals surface area (Å²) in [5, 5.41) is 0.816. The van der Waals surface area contributed by atoms with E-state index in [0.717, 1.165) is 49.7 Å². The Bertz CT molecular complexity index is 777. The molecule has 1 saturated heterocycles. The Kier molecular flexibility index (Phi) is 6.49. The normalized spacial score (nSPS) is 22.4. The number of nitrogens with zero attached hydrogens (tertiary/aromatic N) is 1. The molecule has 0 radical (unpaired) electrons. The van der Waals surface area contributed by atoms with Crippen LogP contribution in [-0.2, 0) is 6.42 Å². The highest BCUT2D eigenvalue weighted by molar-refractivity contribution is 6.31. The van der Waals surface area contributed by atoms with Crippen molar-refractivity contribution in [3.63, 3.8) is 0 Å². The van der Waals surface area contributed by atoms with E-state index < -0.39 is 0 Å². The summed E-state index contributed by atoms with van der Waals surface area (Å²) in [6, 6.07) is 4.28. The molecule has 144 valence electrons. The molecule has 0 spiro atoms. The van der Waals surface area contributed by atoms with Gasteiger partial charge in [0.2, 0.25) is 0 Å². The van der Waals surface area contributed by atoms with Gasteiger partial charge in [-0.15, -0.1) is 0 Å². The van der Waals surface area contributed by atoms with Gasteiger partial charge in [0.1, 0.15) is 5.75 Å². The molecular formula is C24H30ClNO. The van der Waals surface area contributed by atoms with Crippen LogP contribution in [0.5, 0.6) is 5.75 Å². The van der Waals surface area contributed by atoms with Gasteiger partial charge in [-0.3, -0.25) is 0 Å². The minimum absolute atomic E-state index is 0.440. The van der Waals surface area contributed by atoms with Gasteiger partial charge in [0.15, 0.2) is 0 Å². The van der Waals surface area contributed by atoms with Crippen LogP contribution < -0.4 is 4.74 Å². The van der Waals surface area contributed by atoms with Crippen LogP contribution >= 0.6 is 11.6 Å². The lowest BCUT2D eigenvalue weighted by Crippen LogP contribution is -2.21. The Morgan fingerprint density at radius 2 is 2.19 bits per heavy atom. The summed E-state index contributed by atoms with van der Waals surface area (Å²) in [5.74, 6) is 1.90. The molecule has 0 N–H and O–H groups in total. The van der Waals surface area contributed by atoms with Gasteiger partial charge in [0.05, 0.1) is 6.61 Å². The smallest absolute Gasteiger partial charge is 0.124 e. The lowest BCUT2D eigenvalue weighted by molar-refractivity contribution is 0.328. The predicted octanol–water partition coefficient (Wildman–Crippen LogP) is 6.29. The van der Waals surface area contributed by atoms with Gasteiger partial charge in [-0.25, -0.2) is 0 Å². The molecule has 2 aliphatic heterocycles. The number of halogens is 1. The van der Waals surface area contributed by atoms with Crippen LogP contribution in [0.4, 0.5) is 0 Å². The van der Waals surface area contributed by atoms with E-state index in [-0.39, 0.29) is 0 Å². The van der Waals surface area contributed by atoms with Crippen LogP contribution in [0.2, 0.25) is 5.02 Å². The average molecular weight is 384 g/mol. The van der Waals surface area contributed by atoms with Crippen molar-refractivity contribution in [2.45, 2.75) is 39.0 Å². The summed E-state index contributed by atoms with van der Waals surface area (Å²) in [5.41, 5.74) is 4.97. The Morgan fingerprint density at radius 3 is 2.89 bits per heavy atom. The third kappa shape index (κ3) is 4.32. The number of fused-ring (bicyclic) bond motifs is 1. The molecule has 0 bridgehead atoms. The highest BCUT2D eigenvalue weighted by atomic mass is 35.5. The summed E-state index contributed by atoms with van der Waals surface area (Å²) in [7, 11) is 0. The largest absolute Gasteiger partial charge is 0.493 e. The minimum atomic E-state index is 0.440. The van der Waals surface area contributed by atoms with Gasteiger partial charge >= 0.3 is 0 Å². The van der Waals surface area contributed by atoms with Crippen molar-refractivity contribution in [1.29, 1.82) is 0 Å².